The molecule has 2 aromatic heterocycles. The Balaban J connectivity index is 1.68. The zero-order valence-corrected chi connectivity index (χ0v) is 10.5. The van der Waals surface area contributed by atoms with E-state index in [9.17, 15) is 0 Å². The van der Waals surface area contributed by atoms with E-state index in [0.29, 0.717) is 12.4 Å². The van der Waals surface area contributed by atoms with Crippen molar-refractivity contribution < 1.29 is 8.83 Å². The van der Waals surface area contributed by atoms with Gasteiger partial charge in [0.1, 0.15) is 5.76 Å². The molecular weight excluding hydrogens is 242 g/mol. The molecule has 0 unspecified atom stereocenters. The Morgan fingerprint density at radius 3 is 2.58 bits per heavy atom. The zero-order valence-electron chi connectivity index (χ0n) is 10.5. The van der Waals surface area contributed by atoms with Crippen LogP contribution in [-0.2, 0) is 6.54 Å². The Kier molecular flexibility index (Phi) is 3.02. The molecule has 0 spiro atoms. The number of hydrogen-bond acceptors (Lipinski definition) is 5. The van der Waals surface area contributed by atoms with Crippen molar-refractivity contribution in [2.75, 3.05) is 5.32 Å². The molecule has 19 heavy (non-hydrogen) atoms. The lowest BCUT2D eigenvalue weighted by Crippen LogP contribution is -1.99. The third-order valence-corrected chi connectivity index (χ3v) is 2.91. The summed E-state index contributed by atoms with van der Waals surface area (Å²) in [5.41, 5.74) is 3.06. The van der Waals surface area contributed by atoms with Crippen LogP contribution < -0.4 is 5.32 Å². The quantitative estimate of drug-likeness (QED) is 0.775. The highest BCUT2D eigenvalue weighted by atomic mass is 16.4. The number of aromatic nitrogens is 2. The molecule has 1 N–H and O–H groups in total. The maximum absolute atomic E-state index is 5.37. The van der Waals surface area contributed by atoms with Crippen LogP contribution in [-0.4, -0.2) is 10.2 Å². The summed E-state index contributed by atoms with van der Waals surface area (Å²) in [6.45, 7) is 2.69. The van der Waals surface area contributed by atoms with Crippen LogP contribution in [0, 0.1) is 6.92 Å². The van der Waals surface area contributed by atoms with E-state index >= 15 is 0 Å². The first-order valence-electron chi connectivity index (χ1n) is 5.96. The van der Waals surface area contributed by atoms with Gasteiger partial charge >= 0.3 is 0 Å². The van der Waals surface area contributed by atoms with Gasteiger partial charge in [-0.1, -0.05) is 0 Å². The highest BCUT2D eigenvalue weighted by molar-refractivity contribution is 5.58. The first-order valence-corrected chi connectivity index (χ1v) is 5.96. The van der Waals surface area contributed by atoms with Crippen LogP contribution in [0.5, 0.6) is 0 Å². The number of aryl methyl sites for hydroxylation is 1. The third-order valence-electron chi connectivity index (χ3n) is 2.91. The minimum Gasteiger partial charge on any atom is -0.467 e. The molecule has 3 aromatic rings. The molecule has 0 saturated carbocycles. The van der Waals surface area contributed by atoms with Gasteiger partial charge in [0.05, 0.1) is 12.8 Å². The Labute approximate surface area is 110 Å². The van der Waals surface area contributed by atoms with Gasteiger partial charge in [-0.2, -0.15) is 0 Å². The summed E-state index contributed by atoms with van der Waals surface area (Å²) in [6, 6.07) is 9.76. The molecule has 0 radical (unpaired) electrons. The van der Waals surface area contributed by atoms with Crippen molar-refractivity contribution in [2.24, 2.45) is 0 Å². The molecule has 0 amide bonds. The average molecular weight is 255 g/mol. The first-order chi connectivity index (χ1) is 9.33. The topological polar surface area (TPSA) is 64.1 Å². The van der Waals surface area contributed by atoms with E-state index in [1.165, 1.54) is 6.39 Å². The van der Waals surface area contributed by atoms with Gasteiger partial charge < -0.3 is 14.2 Å². The number of rotatable bonds is 4. The van der Waals surface area contributed by atoms with Gasteiger partial charge in [-0.15, -0.1) is 10.2 Å². The molecule has 0 aliphatic carbocycles. The molecule has 0 aliphatic heterocycles. The van der Waals surface area contributed by atoms with Gasteiger partial charge in [0.25, 0.3) is 0 Å². The molecule has 2 heterocycles. The number of nitrogens with zero attached hydrogens (tertiary/aromatic N) is 2. The summed E-state index contributed by atoms with van der Waals surface area (Å²) >= 11 is 0. The number of benzene rings is 1. The predicted octanol–water partition coefficient (Wildman–Crippen LogP) is 3.25. The van der Waals surface area contributed by atoms with Crippen LogP contribution in [0.4, 0.5) is 5.69 Å². The smallest absolute Gasteiger partial charge is 0.247 e. The number of anilines is 1. The van der Waals surface area contributed by atoms with E-state index in [1.54, 1.807) is 6.26 Å². The highest BCUT2D eigenvalue weighted by Gasteiger charge is 2.04. The summed E-state index contributed by atoms with van der Waals surface area (Å²) in [6.07, 6.45) is 3.02. The maximum atomic E-state index is 5.37. The second-order valence-corrected chi connectivity index (χ2v) is 4.20. The molecule has 0 atom stereocenters. The lowest BCUT2D eigenvalue weighted by Gasteiger charge is -2.05. The van der Waals surface area contributed by atoms with E-state index in [2.05, 4.69) is 15.5 Å². The van der Waals surface area contributed by atoms with Crippen LogP contribution in [0.2, 0.25) is 0 Å². The molecule has 96 valence electrons. The van der Waals surface area contributed by atoms with Crippen LogP contribution in [0.15, 0.2) is 51.8 Å². The van der Waals surface area contributed by atoms with Crippen molar-refractivity contribution in [3.8, 4) is 11.5 Å². The highest BCUT2D eigenvalue weighted by Crippen LogP contribution is 2.19. The first kappa shape index (κ1) is 11.5. The minimum atomic E-state index is 0.522. The van der Waals surface area contributed by atoms with Crippen LogP contribution >= 0.6 is 0 Å². The van der Waals surface area contributed by atoms with Crippen molar-refractivity contribution in [1.82, 2.24) is 10.2 Å². The fourth-order valence-electron chi connectivity index (χ4n) is 1.80. The van der Waals surface area contributed by atoms with E-state index in [4.69, 9.17) is 8.83 Å². The zero-order chi connectivity index (χ0) is 13.1. The number of furan rings is 1. The summed E-state index contributed by atoms with van der Waals surface area (Å²) in [4.78, 5) is 0. The molecule has 3 rings (SSSR count). The Bertz CT molecular complexity index is 642. The van der Waals surface area contributed by atoms with Crippen molar-refractivity contribution in [1.29, 1.82) is 0 Å². The minimum absolute atomic E-state index is 0.522. The molecule has 0 saturated heterocycles. The Morgan fingerprint density at radius 1 is 1.11 bits per heavy atom. The monoisotopic (exact) mass is 255 g/mol. The SMILES string of the molecule is Cc1ccoc1CNc1ccc(-c2nnco2)cc1. The maximum Gasteiger partial charge on any atom is 0.247 e. The van der Waals surface area contributed by atoms with Crippen molar-refractivity contribution in [3.63, 3.8) is 0 Å². The summed E-state index contributed by atoms with van der Waals surface area (Å²) in [7, 11) is 0. The van der Waals surface area contributed by atoms with Gasteiger partial charge in [-0.05, 0) is 42.8 Å². The van der Waals surface area contributed by atoms with E-state index < -0.39 is 0 Å². The second-order valence-electron chi connectivity index (χ2n) is 4.20. The average Bonchev–Trinajstić information content (AvgIpc) is 3.09. The van der Waals surface area contributed by atoms with E-state index in [-0.39, 0.29) is 0 Å². The normalized spacial score (nSPS) is 10.6. The van der Waals surface area contributed by atoms with Gasteiger partial charge in [-0.3, -0.25) is 0 Å². The number of hydrogen-bond donors (Lipinski definition) is 1. The van der Waals surface area contributed by atoms with E-state index in [0.717, 1.165) is 22.6 Å². The molecule has 1 aromatic carbocycles. The number of nitrogens with one attached hydrogen (secondary N) is 1. The molecule has 5 heteroatoms. The van der Waals surface area contributed by atoms with Crippen LogP contribution in [0.25, 0.3) is 11.5 Å². The van der Waals surface area contributed by atoms with E-state index in [1.807, 2.05) is 37.3 Å². The Morgan fingerprint density at radius 2 is 1.95 bits per heavy atom. The fourth-order valence-corrected chi connectivity index (χ4v) is 1.80. The van der Waals surface area contributed by atoms with Gasteiger partial charge in [0.15, 0.2) is 0 Å². The standard InChI is InChI=1S/C14H13N3O2/c1-10-6-7-18-13(10)8-15-12-4-2-11(3-5-12)14-17-16-9-19-14/h2-7,9,15H,8H2,1H3. The molecular formula is C14H13N3O2. The predicted molar refractivity (Wildman–Crippen MR) is 70.5 cm³/mol. The molecule has 5 nitrogen and oxygen atoms in total. The molecule has 0 bridgehead atoms. The van der Waals surface area contributed by atoms with Crippen molar-refractivity contribution in [3.05, 3.63) is 54.3 Å². The molecule has 0 aliphatic rings. The Hall–Kier alpha value is -2.56. The van der Waals surface area contributed by atoms with Gasteiger partial charge in [0, 0.05) is 11.3 Å². The lowest BCUT2D eigenvalue weighted by atomic mass is 10.2. The summed E-state index contributed by atoms with van der Waals surface area (Å²) in [5.74, 6) is 1.47. The van der Waals surface area contributed by atoms with Gasteiger partial charge in [-0.25, -0.2) is 0 Å². The second kappa shape index (κ2) is 4.97. The largest absolute Gasteiger partial charge is 0.467 e. The van der Waals surface area contributed by atoms with Crippen LogP contribution in [0.1, 0.15) is 11.3 Å². The fraction of sp³-hybridized carbons (Fsp3) is 0.143. The lowest BCUT2D eigenvalue weighted by molar-refractivity contribution is 0.515. The van der Waals surface area contributed by atoms with Crippen LogP contribution in [0.3, 0.4) is 0 Å². The molecule has 0 fully saturated rings. The third kappa shape index (κ3) is 2.49. The summed E-state index contributed by atoms with van der Waals surface area (Å²) in [5, 5.41) is 10.8. The van der Waals surface area contributed by atoms with Crippen molar-refractivity contribution >= 4 is 5.69 Å². The van der Waals surface area contributed by atoms with Gasteiger partial charge in [0.2, 0.25) is 12.3 Å². The summed E-state index contributed by atoms with van der Waals surface area (Å²) < 4.78 is 10.5. The van der Waals surface area contributed by atoms with Crippen molar-refractivity contribution in [2.45, 2.75) is 13.5 Å².